The Balaban J connectivity index is 1.52. The molecule has 1 aliphatic heterocycles. The molecule has 2 heterocycles. The molecule has 3 aromatic rings. The van der Waals surface area contributed by atoms with Gasteiger partial charge in [-0.3, -0.25) is 14.1 Å². The maximum absolute atomic E-state index is 12.5. The van der Waals surface area contributed by atoms with Gasteiger partial charge in [-0.2, -0.15) is 13.1 Å². The third-order valence-corrected chi connectivity index (χ3v) is 5.97. The lowest BCUT2D eigenvalue weighted by Gasteiger charge is -2.28. The van der Waals surface area contributed by atoms with Gasteiger partial charge in [0.1, 0.15) is 0 Å². The Labute approximate surface area is 157 Å². The van der Waals surface area contributed by atoms with Crippen molar-refractivity contribution in [1.82, 2.24) is 9.71 Å². The molecule has 4 rings (SSSR count). The first-order valence-electron chi connectivity index (χ1n) is 8.55. The number of aromatic nitrogens is 1. The minimum atomic E-state index is -3.50. The van der Waals surface area contributed by atoms with Gasteiger partial charge in [0.2, 0.25) is 0 Å². The van der Waals surface area contributed by atoms with E-state index in [2.05, 4.69) is 15.0 Å². The minimum Gasteiger partial charge on any atom is -0.322 e. The summed E-state index contributed by atoms with van der Waals surface area (Å²) >= 11 is 0. The van der Waals surface area contributed by atoms with E-state index in [1.807, 2.05) is 24.3 Å². The summed E-state index contributed by atoms with van der Waals surface area (Å²) < 4.78 is 28.0. The second kappa shape index (κ2) is 6.98. The number of benzene rings is 2. The van der Waals surface area contributed by atoms with E-state index in [4.69, 9.17) is 0 Å². The molecule has 0 unspecified atom stereocenters. The van der Waals surface area contributed by atoms with Crippen LogP contribution in [0, 0.1) is 0 Å². The Kier molecular flexibility index (Phi) is 4.51. The number of nitrogens with one attached hydrogen (secondary N) is 2. The molecule has 7 nitrogen and oxygen atoms in total. The predicted octanol–water partition coefficient (Wildman–Crippen LogP) is 2.53. The SMILES string of the molecule is O=C(Nc1ccc2cnccc2c1)c1ccc(N2CCCNS2(=O)=O)cc1. The highest BCUT2D eigenvalue weighted by atomic mass is 32.2. The van der Waals surface area contributed by atoms with Crippen molar-refractivity contribution in [3.63, 3.8) is 0 Å². The first-order valence-corrected chi connectivity index (χ1v) is 9.99. The number of carbonyl (C=O) groups excluding carboxylic acids is 1. The number of pyridine rings is 1. The molecule has 0 spiro atoms. The molecule has 138 valence electrons. The summed E-state index contributed by atoms with van der Waals surface area (Å²) in [5.41, 5.74) is 1.68. The second-order valence-corrected chi connectivity index (χ2v) is 7.94. The number of amides is 1. The van der Waals surface area contributed by atoms with Gasteiger partial charge in [-0.25, -0.2) is 0 Å². The van der Waals surface area contributed by atoms with Crippen molar-refractivity contribution >= 4 is 38.3 Å². The van der Waals surface area contributed by atoms with Crippen LogP contribution in [0.5, 0.6) is 0 Å². The van der Waals surface area contributed by atoms with Crippen molar-refractivity contribution in [3.8, 4) is 0 Å². The molecule has 1 aromatic heterocycles. The lowest BCUT2D eigenvalue weighted by Crippen LogP contribution is -2.47. The van der Waals surface area contributed by atoms with Crippen molar-refractivity contribution in [3.05, 3.63) is 66.5 Å². The van der Waals surface area contributed by atoms with Gasteiger partial charge in [-0.1, -0.05) is 6.07 Å². The molecule has 27 heavy (non-hydrogen) atoms. The number of hydrogen-bond donors (Lipinski definition) is 2. The van der Waals surface area contributed by atoms with Gasteiger partial charge in [-0.15, -0.1) is 0 Å². The Morgan fingerprint density at radius 2 is 1.89 bits per heavy atom. The fourth-order valence-corrected chi connectivity index (χ4v) is 4.36. The molecule has 2 aromatic carbocycles. The first-order chi connectivity index (χ1) is 13.0. The van der Waals surface area contributed by atoms with Crippen molar-refractivity contribution < 1.29 is 13.2 Å². The average Bonchev–Trinajstić information content (AvgIpc) is 2.68. The molecular weight excluding hydrogens is 364 g/mol. The summed E-state index contributed by atoms with van der Waals surface area (Å²) in [6, 6.07) is 14.0. The largest absolute Gasteiger partial charge is 0.322 e. The Morgan fingerprint density at radius 1 is 1.07 bits per heavy atom. The molecule has 1 fully saturated rings. The maximum Gasteiger partial charge on any atom is 0.301 e. The molecule has 2 N–H and O–H groups in total. The van der Waals surface area contributed by atoms with E-state index in [1.54, 1.807) is 36.7 Å². The van der Waals surface area contributed by atoms with Crippen LogP contribution in [0.15, 0.2) is 60.9 Å². The fraction of sp³-hybridized carbons (Fsp3) is 0.158. The molecule has 1 aliphatic rings. The minimum absolute atomic E-state index is 0.255. The van der Waals surface area contributed by atoms with Gasteiger partial charge >= 0.3 is 10.2 Å². The third-order valence-electron chi connectivity index (χ3n) is 4.43. The second-order valence-electron chi connectivity index (χ2n) is 6.26. The summed E-state index contributed by atoms with van der Waals surface area (Å²) in [4.78, 5) is 16.6. The smallest absolute Gasteiger partial charge is 0.301 e. The number of nitrogens with zero attached hydrogens (tertiary/aromatic N) is 2. The highest BCUT2D eigenvalue weighted by Gasteiger charge is 2.25. The number of anilines is 2. The normalized spacial score (nSPS) is 16.2. The van der Waals surface area contributed by atoms with Gasteiger partial charge in [-0.05, 0) is 54.3 Å². The third kappa shape index (κ3) is 3.62. The monoisotopic (exact) mass is 382 g/mol. The highest BCUT2D eigenvalue weighted by Crippen LogP contribution is 2.22. The zero-order valence-electron chi connectivity index (χ0n) is 14.4. The Bertz CT molecular complexity index is 1100. The summed E-state index contributed by atoms with van der Waals surface area (Å²) in [7, 11) is -3.50. The van der Waals surface area contributed by atoms with Crippen LogP contribution in [0.2, 0.25) is 0 Å². The number of fused-ring (bicyclic) bond motifs is 1. The van der Waals surface area contributed by atoms with Gasteiger partial charge in [0.25, 0.3) is 5.91 Å². The van der Waals surface area contributed by atoms with E-state index >= 15 is 0 Å². The lowest BCUT2D eigenvalue weighted by molar-refractivity contribution is 0.102. The van der Waals surface area contributed by atoms with Gasteiger partial charge < -0.3 is 5.32 Å². The van der Waals surface area contributed by atoms with E-state index < -0.39 is 10.2 Å². The molecular formula is C19H18N4O3S. The summed E-state index contributed by atoms with van der Waals surface area (Å²) in [6.07, 6.45) is 4.21. The van der Waals surface area contributed by atoms with Crippen LogP contribution >= 0.6 is 0 Å². The topological polar surface area (TPSA) is 91.4 Å². The predicted molar refractivity (Wildman–Crippen MR) is 105 cm³/mol. The average molecular weight is 382 g/mol. The summed E-state index contributed by atoms with van der Waals surface area (Å²) in [5.74, 6) is -0.255. The van der Waals surface area contributed by atoms with Crippen molar-refractivity contribution in [2.24, 2.45) is 0 Å². The van der Waals surface area contributed by atoms with E-state index in [0.717, 1.165) is 17.2 Å². The molecule has 0 atom stereocenters. The van der Waals surface area contributed by atoms with E-state index in [-0.39, 0.29) is 5.91 Å². The van der Waals surface area contributed by atoms with Gasteiger partial charge in [0.15, 0.2) is 0 Å². The summed E-state index contributed by atoms with van der Waals surface area (Å²) in [5, 5.41) is 4.85. The van der Waals surface area contributed by atoms with E-state index in [0.29, 0.717) is 30.0 Å². The van der Waals surface area contributed by atoms with Crippen LogP contribution in [0.1, 0.15) is 16.8 Å². The van der Waals surface area contributed by atoms with Crippen molar-refractivity contribution in [2.45, 2.75) is 6.42 Å². The van der Waals surface area contributed by atoms with Gasteiger partial charge in [0, 0.05) is 42.1 Å². The van der Waals surface area contributed by atoms with Crippen molar-refractivity contribution in [2.75, 3.05) is 22.7 Å². The molecule has 8 heteroatoms. The van der Waals surface area contributed by atoms with Crippen molar-refractivity contribution in [1.29, 1.82) is 0 Å². The molecule has 1 saturated heterocycles. The van der Waals surface area contributed by atoms with Crippen LogP contribution in [0.25, 0.3) is 10.8 Å². The van der Waals surface area contributed by atoms with Gasteiger partial charge in [0.05, 0.1) is 5.69 Å². The van der Waals surface area contributed by atoms with E-state index in [9.17, 15) is 13.2 Å². The zero-order valence-corrected chi connectivity index (χ0v) is 15.2. The van der Waals surface area contributed by atoms with E-state index in [1.165, 1.54) is 4.31 Å². The van der Waals surface area contributed by atoms with Crippen LogP contribution in [0.4, 0.5) is 11.4 Å². The Hall–Kier alpha value is -2.97. The number of rotatable bonds is 3. The fourth-order valence-electron chi connectivity index (χ4n) is 3.03. The zero-order chi connectivity index (χ0) is 18.9. The molecule has 0 aliphatic carbocycles. The molecule has 0 bridgehead atoms. The van der Waals surface area contributed by atoms with Crippen LogP contribution in [-0.2, 0) is 10.2 Å². The molecule has 0 saturated carbocycles. The maximum atomic E-state index is 12.5. The number of hydrogen-bond acceptors (Lipinski definition) is 4. The van der Waals surface area contributed by atoms with Crippen LogP contribution < -0.4 is 14.3 Å². The molecule has 1 amide bonds. The standard InChI is InChI=1S/C19H18N4O3S/c24-19(22-17-5-2-16-13-20-10-8-15(16)12-17)14-3-6-18(7-4-14)23-11-1-9-21-27(23,25)26/h2-8,10,12-13,21H,1,9,11H2,(H,22,24). The quantitative estimate of drug-likeness (QED) is 0.728. The lowest BCUT2D eigenvalue weighted by atomic mass is 10.1. The van der Waals surface area contributed by atoms with Crippen LogP contribution in [0.3, 0.4) is 0 Å². The summed E-state index contributed by atoms with van der Waals surface area (Å²) in [6.45, 7) is 0.869. The highest BCUT2D eigenvalue weighted by molar-refractivity contribution is 7.90. The molecule has 0 radical (unpaired) electrons. The first kappa shape index (κ1) is 17.4. The number of carbonyl (C=O) groups is 1. The van der Waals surface area contributed by atoms with Crippen LogP contribution in [-0.4, -0.2) is 32.4 Å². The Morgan fingerprint density at radius 3 is 2.67 bits per heavy atom.